The summed E-state index contributed by atoms with van der Waals surface area (Å²) < 4.78 is 2.99. The number of nitrogens with zero attached hydrogens (tertiary/aromatic N) is 5. The molecule has 2 heterocycles. The fourth-order valence-electron chi connectivity index (χ4n) is 1.93. The van der Waals surface area contributed by atoms with Gasteiger partial charge in [0.15, 0.2) is 0 Å². The van der Waals surface area contributed by atoms with E-state index in [1.54, 1.807) is 4.68 Å². The first-order chi connectivity index (χ1) is 10.4. The van der Waals surface area contributed by atoms with Crippen molar-refractivity contribution in [2.24, 2.45) is 0 Å². The number of aryl methyl sites for hydroxylation is 2. The zero-order chi connectivity index (χ0) is 16.3. The molecule has 0 saturated heterocycles. The van der Waals surface area contributed by atoms with E-state index in [2.05, 4.69) is 20.6 Å². The van der Waals surface area contributed by atoms with Crippen LogP contribution in [0.5, 0.6) is 0 Å². The average molecular weight is 323 g/mol. The molecule has 0 saturated carbocycles. The smallest absolute Gasteiger partial charge is 0.271 e. The molecule has 0 aliphatic heterocycles. The Morgan fingerprint density at radius 1 is 1.45 bits per heavy atom. The van der Waals surface area contributed by atoms with Crippen LogP contribution in [0.4, 0.5) is 0 Å². The van der Waals surface area contributed by atoms with Crippen LogP contribution in [-0.4, -0.2) is 42.4 Å². The van der Waals surface area contributed by atoms with Crippen molar-refractivity contribution in [1.82, 2.24) is 30.0 Å². The Balaban J connectivity index is 2.14. The highest BCUT2D eigenvalue weighted by Crippen LogP contribution is 2.22. The number of carbonyl (C=O) groups excluding carboxylic acids is 1. The van der Waals surface area contributed by atoms with E-state index in [0.29, 0.717) is 17.6 Å². The molecule has 0 bridgehead atoms. The maximum absolute atomic E-state index is 11.9. The Bertz CT molecular complexity index is 663. The molecule has 0 aliphatic carbocycles. The van der Waals surface area contributed by atoms with Gasteiger partial charge in [-0.3, -0.25) is 4.79 Å². The Morgan fingerprint density at radius 2 is 2.18 bits per heavy atom. The molecule has 0 aromatic carbocycles. The fourth-order valence-corrected chi connectivity index (χ4v) is 2.72. The lowest BCUT2D eigenvalue weighted by Gasteiger charge is -2.10. The molecule has 1 amide bonds. The van der Waals surface area contributed by atoms with Gasteiger partial charge in [-0.15, -0.1) is 10.2 Å². The van der Waals surface area contributed by atoms with Crippen LogP contribution < -0.4 is 11.2 Å². The molecule has 3 N–H and O–H groups in total. The van der Waals surface area contributed by atoms with Gasteiger partial charge >= 0.3 is 0 Å². The summed E-state index contributed by atoms with van der Waals surface area (Å²) in [5.74, 6) is 6.43. The molecule has 8 nitrogen and oxygen atoms in total. The molecule has 2 rings (SSSR count). The third-order valence-corrected chi connectivity index (χ3v) is 4.10. The number of nitrogens with two attached hydrogens (primary N) is 1. The first kappa shape index (κ1) is 16.3. The number of amides is 1. The van der Waals surface area contributed by atoms with E-state index >= 15 is 0 Å². The van der Waals surface area contributed by atoms with E-state index in [9.17, 15) is 4.79 Å². The van der Waals surface area contributed by atoms with Gasteiger partial charge in [-0.25, -0.2) is 9.36 Å². The highest BCUT2D eigenvalue weighted by molar-refractivity contribution is 8.00. The third-order valence-electron chi connectivity index (χ3n) is 3.05. The number of aromatic nitrogens is 5. The maximum Gasteiger partial charge on any atom is 0.271 e. The monoisotopic (exact) mass is 323 g/mol. The van der Waals surface area contributed by atoms with Crippen LogP contribution in [0.25, 0.3) is 5.95 Å². The van der Waals surface area contributed by atoms with Crippen molar-refractivity contribution in [2.45, 2.75) is 44.5 Å². The van der Waals surface area contributed by atoms with E-state index in [4.69, 9.17) is 5.84 Å². The summed E-state index contributed by atoms with van der Waals surface area (Å²) in [6.45, 7) is 8.30. The Kier molecular flexibility index (Phi) is 5.07. The number of rotatable bonds is 6. The van der Waals surface area contributed by atoms with Crippen molar-refractivity contribution in [2.75, 3.05) is 12.4 Å². The SMILES string of the molecule is CCCNC(=O)[C@@H](C)Sc1nnc(-n2nc(C)cc2C)n1N. The minimum Gasteiger partial charge on any atom is -0.355 e. The largest absolute Gasteiger partial charge is 0.355 e. The summed E-state index contributed by atoms with van der Waals surface area (Å²) in [6.07, 6.45) is 0.901. The molecule has 0 fully saturated rings. The summed E-state index contributed by atoms with van der Waals surface area (Å²) in [5.41, 5.74) is 1.80. The van der Waals surface area contributed by atoms with Gasteiger partial charge in [0, 0.05) is 12.2 Å². The summed E-state index contributed by atoms with van der Waals surface area (Å²) in [6, 6.07) is 1.93. The second-order valence-corrected chi connectivity index (χ2v) is 6.35. The standard InChI is InChI=1S/C13H21N7OS/c1-5-6-15-11(21)10(4)22-13-17-16-12(19(13)14)20-9(3)7-8(2)18-20/h7,10H,5-6,14H2,1-4H3,(H,15,21)/t10-/m1/s1. The van der Waals surface area contributed by atoms with Crippen molar-refractivity contribution in [3.8, 4) is 5.95 Å². The number of thioether (sulfide) groups is 1. The minimum absolute atomic E-state index is 0.0393. The molecule has 2 aromatic rings. The third kappa shape index (κ3) is 3.41. The lowest BCUT2D eigenvalue weighted by molar-refractivity contribution is -0.120. The molecule has 0 radical (unpaired) electrons. The van der Waals surface area contributed by atoms with Gasteiger partial charge in [0.25, 0.3) is 5.95 Å². The van der Waals surface area contributed by atoms with Gasteiger partial charge in [0.05, 0.1) is 10.9 Å². The van der Waals surface area contributed by atoms with Crippen molar-refractivity contribution < 1.29 is 4.79 Å². The molecule has 1 atom stereocenters. The Labute approximate surface area is 133 Å². The van der Waals surface area contributed by atoms with Crippen molar-refractivity contribution in [1.29, 1.82) is 0 Å². The predicted molar refractivity (Wildman–Crippen MR) is 85.4 cm³/mol. The van der Waals surface area contributed by atoms with Gasteiger partial charge in [-0.1, -0.05) is 18.7 Å². The van der Waals surface area contributed by atoms with Crippen LogP contribution in [-0.2, 0) is 4.79 Å². The van der Waals surface area contributed by atoms with Crippen LogP contribution in [0.3, 0.4) is 0 Å². The Morgan fingerprint density at radius 3 is 2.77 bits per heavy atom. The van der Waals surface area contributed by atoms with Crippen molar-refractivity contribution in [3.05, 3.63) is 17.5 Å². The lowest BCUT2D eigenvalue weighted by Crippen LogP contribution is -2.31. The van der Waals surface area contributed by atoms with Crippen LogP contribution in [0.15, 0.2) is 11.2 Å². The summed E-state index contributed by atoms with van der Waals surface area (Å²) in [4.78, 5) is 11.9. The normalized spacial score (nSPS) is 12.4. The highest BCUT2D eigenvalue weighted by atomic mass is 32.2. The molecule has 2 aromatic heterocycles. The van der Waals surface area contributed by atoms with Gasteiger partial charge in [0.2, 0.25) is 11.1 Å². The Hall–Kier alpha value is -2.03. The fraction of sp³-hybridized carbons (Fsp3) is 0.538. The number of hydrogen-bond acceptors (Lipinski definition) is 6. The van der Waals surface area contributed by atoms with Crippen LogP contribution in [0.2, 0.25) is 0 Å². The summed E-state index contributed by atoms with van der Waals surface area (Å²) >= 11 is 1.27. The second-order valence-electron chi connectivity index (χ2n) is 5.04. The predicted octanol–water partition coefficient (Wildman–Crippen LogP) is 0.801. The van der Waals surface area contributed by atoms with E-state index in [0.717, 1.165) is 17.8 Å². The minimum atomic E-state index is -0.300. The van der Waals surface area contributed by atoms with E-state index < -0.39 is 0 Å². The zero-order valence-corrected chi connectivity index (χ0v) is 14.0. The topological polar surface area (TPSA) is 104 Å². The highest BCUT2D eigenvalue weighted by Gasteiger charge is 2.20. The zero-order valence-electron chi connectivity index (χ0n) is 13.2. The summed E-state index contributed by atoms with van der Waals surface area (Å²) in [5, 5.41) is 15.5. The number of nitrogens with one attached hydrogen (secondary N) is 1. The molecule has 9 heteroatoms. The van der Waals surface area contributed by atoms with Gasteiger partial charge in [-0.2, -0.15) is 5.10 Å². The van der Waals surface area contributed by atoms with E-state index in [-0.39, 0.29) is 11.2 Å². The second kappa shape index (κ2) is 6.82. The molecular formula is C13H21N7OS. The number of carbonyl (C=O) groups is 1. The van der Waals surface area contributed by atoms with Gasteiger partial charge < -0.3 is 11.2 Å². The molecule has 0 aliphatic rings. The van der Waals surface area contributed by atoms with Gasteiger partial charge in [-0.05, 0) is 33.3 Å². The molecular weight excluding hydrogens is 302 g/mol. The number of nitrogen functional groups attached to an aromatic ring is 1. The van der Waals surface area contributed by atoms with Crippen molar-refractivity contribution >= 4 is 17.7 Å². The molecule has 0 spiro atoms. The molecule has 0 unspecified atom stereocenters. The average Bonchev–Trinajstić information content (AvgIpc) is 2.99. The molecule has 120 valence electrons. The van der Waals surface area contributed by atoms with Gasteiger partial charge in [0.1, 0.15) is 0 Å². The lowest BCUT2D eigenvalue weighted by atomic mass is 10.4. The van der Waals surface area contributed by atoms with E-state index in [1.165, 1.54) is 16.4 Å². The van der Waals surface area contributed by atoms with Crippen molar-refractivity contribution in [3.63, 3.8) is 0 Å². The van der Waals surface area contributed by atoms with E-state index in [1.807, 2.05) is 33.8 Å². The summed E-state index contributed by atoms with van der Waals surface area (Å²) in [7, 11) is 0. The maximum atomic E-state index is 11.9. The number of hydrogen-bond donors (Lipinski definition) is 2. The first-order valence-electron chi connectivity index (χ1n) is 7.12. The molecule has 22 heavy (non-hydrogen) atoms. The van der Waals surface area contributed by atoms with Crippen LogP contribution in [0, 0.1) is 13.8 Å². The first-order valence-corrected chi connectivity index (χ1v) is 8.00. The van der Waals surface area contributed by atoms with Crippen LogP contribution >= 0.6 is 11.8 Å². The quantitative estimate of drug-likeness (QED) is 0.602. The van der Waals surface area contributed by atoms with Crippen LogP contribution in [0.1, 0.15) is 31.7 Å².